The Hall–Kier alpha value is -2.89. The number of carbonyl (C=O) groups is 3. The van der Waals surface area contributed by atoms with Crippen molar-refractivity contribution in [1.29, 1.82) is 0 Å². The predicted molar refractivity (Wildman–Crippen MR) is 362 cm³/mol. The van der Waals surface area contributed by atoms with E-state index < -0.39 is 6.10 Å². The molecule has 1 unspecified atom stereocenters. The average Bonchev–Trinajstić information content (AvgIpc) is 3.49. The summed E-state index contributed by atoms with van der Waals surface area (Å²) in [6.45, 7) is 6.57. The zero-order valence-electron chi connectivity index (χ0n) is 55.7. The van der Waals surface area contributed by atoms with Gasteiger partial charge >= 0.3 is 17.9 Å². The van der Waals surface area contributed by atoms with Crippen LogP contribution in [0.5, 0.6) is 0 Å². The number of carbonyl (C=O) groups excluding carboxylic acids is 3. The third-order valence-electron chi connectivity index (χ3n) is 16.5. The second kappa shape index (κ2) is 71.6. The van der Waals surface area contributed by atoms with Gasteiger partial charge in [-0.25, -0.2) is 0 Å². The molecule has 0 aromatic rings. The van der Waals surface area contributed by atoms with Crippen molar-refractivity contribution >= 4 is 17.9 Å². The summed E-state index contributed by atoms with van der Waals surface area (Å²) in [5, 5.41) is 0. The molecule has 0 aliphatic rings. The van der Waals surface area contributed by atoms with Gasteiger partial charge in [0.25, 0.3) is 0 Å². The Kier molecular flexibility index (Phi) is 69.1. The van der Waals surface area contributed by atoms with E-state index in [1.165, 1.54) is 270 Å². The fourth-order valence-corrected chi connectivity index (χ4v) is 11.0. The van der Waals surface area contributed by atoms with Crippen molar-refractivity contribution in [2.24, 2.45) is 0 Å². The molecule has 0 aromatic heterocycles. The SMILES string of the molecule is CC/C=C\C/C=C\C/C=C\C/C=C\CCCCCCCCCCCCCCCCC(=O)OC(COC(=O)CCCCCCCCCCC)COC(=O)CCCCCCCCCCCCCCCCCCC/C=C\CCCCCCCCCC. The third kappa shape index (κ3) is 69.8. The Balaban J connectivity index is 4.09. The lowest BCUT2D eigenvalue weighted by molar-refractivity contribution is -0.167. The molecule has 0 rings (SSSR count). The summed E-state index contributed by atoms with van der Waals surface area (Å²) in [4.78, 5) is 38.3. The molecule has 1 atom stereocenters. The van der Waals surface area contributed by atoms with Gasteiger partial charge in [0.05, 0.1) is 0 Å². The van der Waals surface area contributed by atoms with Crippen molar-refractivity contribution in [3.05, 3.63) is 60.8 Å². The lowest BCUT2D eigenvalue weighted by Crippen LogP contribution is -2.30. The average molecular weight is 1160 g/mol. The van der Waals surface area contributed by atoms with Crippen LogP contribution in [0.4, 0.5) is 0 Å². The van der Waals surface area contributed by atoms with Gasteiger partial charge in [-0.1, -0.05) is 351 Å². The van der Waals surface area contributed by atoms with Crippen LogP contribution in [-0.2, 0) is 28.6 Å². The lowest BCUT2D eigenvalue weighted by Gasteiger charge is -2.18. The first-order valence-corrected chi connectivity index (χ1v) is 36.8. The minimum atomic E-state index is -0.771. The van der Waals surface area contributed by atoms with Crippen LogP contribution in [0.15, 0.2) is 60.8 Å². The minimum Gasteiger partial charge on any atom is -0.462 e. The van der Waals surface area contributed by atoms with Crippen LogP contribution in [0.2, 0.25) is 0 Å². The number of hydrogen-bond acceptors (Lipinski definition) is 6. The Bertz CT molecular complexity index is 1470. The highest BCUT2D eigenvalue weighted by Gasteiger charge is 2.19. The molecule has 484 valence electrons. The van der Waals surface area contributed by atoms with Crippen molar-refractivity contribution in [2.75, 3.05) is 13.2 Å². The molecule has 83 heavy (non-hydrogen) atoms. The minimum absolute atomic E-state index is 0.0686. The lowest BCUT2D eigenvalue weighted by atomic mass is 10.0. The molecule has 0 N–H and O–H groups in total. The molecule has 0 heterocycles. The summed E-state index contributed by atoms with van der Waals surface area (Å²) in [7, 11) is 0. The Morgan fingerprint density at radius 1 is 0.253 bits per heavy atom. The van der Waals surface area contributed by atoms with Gasteiger partial charge in [0, 0.05) is 19.3 Å². The highest BCUT2D eigenvalue weighted by Crippen LogP contribution is 2.19. The van der Waals surface area contributed by atoms with Gasteiger partial charge in [-0.3, -0.25) is 14.4 Å². The highest BCUT2D eigenvalue weighted by molar-refractivity contribution is 5.71. The Labute approximate surface area is 517 Å². The smallest absolute Gasteiger partial charge is 0.306 e. The summed E-state index contributed by atoms with van der Waals surface area (Å²) >= 11 is 0. The second-order valence-electron chi connectivity index (χ2n) is 24.8. The van der Waals surface area contributed by atoms with E-state index in [2.05, 4.69) is 81.5 Å². The number of unbranched alkanes of at least 4 members (excludes halogenated alkanes) is 47. The fourth-order valence-electron chi connectivity index (χ4n) is 11.0. The first kappa shape index (κ1) is 80.1. The molecule has 0 aliphatic carbocycles. The van der Waals surface area contributed by atoms with Crippen molar-refractivity contribution in [1.82, 2.24) is 0 Å². The van der Waals surface area contributed by atoms with E-state index in [-0.39, 0.29) is 31.1 Å². The molecule has 0 fully saturated rings. The highest BCUT2D eigenvalue weighted by atomic mass is 16.6. The molecule has 6 nitrogen and oxygen atoms in total. The molecule has 0 aromatic carbocycles. The second-order valence-corrected chi connectivity index (χ2v) is 24.8. The fraction of sp³-hybridized carbons (Fsp3) is 0.831. The van der Waals surface area contributed by atoms with Crippen molar-refractivity contribution in [3.63, 3.8) is 0 Å². The largest absolute Gasteiger partial charge is 0.462 e. The van der Waals surface area contributed by atoms with Crippen LogP contribution >= 0.6 is 0 Å². The van der Waals surface area contributed by atoms with Gasteiger partial charge in [-0.15, -0.1) is 0 Å². The quantitative estimate of drug-likeness (QED) is 0.0261. The Morgan fingerprint density at radius 2 is 0.470 bits per heavy atom. The Morgan fingerprint density at radius 3 is 0.747 bits per heavy atom. The number of rotatable bonds is 68. The molecular formula is C77H140O6. The van der Waals surface area contributed by atoms with Crippen LogP contribution in [0, 0.1) is 0 Å². The molecule has 0 spiro atoms. The zero-order chi connectivity index (χ0) is 59.9. The van der Waals surface area contributed by atoms with E-state index in [9.17, 15) is 14.4 Å². The molecule has 0 radical (unpaired) electrons. The number of allylic oxidation sites excluding steroid dienone is 10. The molecule has 0 bridgehead atoms. The number of ether oxygens (including phenoxy) is 3. The topological polar surface area (TPSA) is 78.9 Å². The van der Waals surface area contributed by atoms with Crippen molar-refractivity contribution < 1.29 is 28.6 Å². The summed E-state index contributed by atoms with van der Waals surface area (Å²) in [5.41, 5.74) is 0. The zero-order valence-corrected chi connectivity index (χ0v) is 55.7. The molecule has 6 heteroatoms. The van der Waals surface area contributed by atoms with Crippen LogP contribution in [0.3, 0.4) is 0 Å². The summed E-state index contributed by atoms with van der Waals surface area (Å²) in [6.07, 6.45) is 92.8. The van der Waals surface area contributed by atoms with Gasteiger partial charge < -0.3 is 14.2 Å². The van der Waals surface area contributed by atoms with Crippen LogP contribution in [0.25, 0.3) is 0 Å². The van der Waals surface area contributed by atoms with Crippen LogP contribution in [-0.4, -0.2) is 37.2 Å². The van der Waals surface area contributed by atoms with Gasteiger partial charge in [0.1, 0.15) is 13.2 Å². The van der Waals surface area contributed by atoms with Crippen LogP contribution < -0.4 is 0 Å². The van der Waals surface area contributed by atoms with E-state index in [0.717, 1.165) is 83.5 Å². The van der Waals surface area contributed by atoms with E-state index in [1.54, 1.807) is 0 Å². The van der Waals surface area contributed by atoms with Gasteiger partial charge in [-0.2, -0.15) is 0 Å². The van der Waals surface area contributed by atoms with E-state index in [4.69, 9.17) is 14.2 Å². The molecule has 0 saturated carbocycles. The number of hydrogen-bond donors (Lipinski definition) is 0. The van der Waals surface area contributed by atoms with Crippen LogP contribution in [0.1, 0.15) is 393 Å². The first-order valence-electron chi connectivity index (χ1n) is 36.8. The van der Waals surface area contributed by atoms with Gasteiger partial charge in [0.2, 0.25) is 0 Å². The normalized spacial score (nSPS) is 12.4. The third-order valence-corrected chi connectivity index (χ3v) is 16.5. The predicted octanol–water partition coefficient (Wildman–Crippen LogP) is 25.5. The molecule has 0 amide bonds. The summed E-state index contributed by atoms with van der Waals surface area (Å²) < 4.78 is 17.0. The summed E-state index contributed by atoms with van der Waals surface area (Å²) in [5.74, 6) is -0.847. The summed E-state index contributed by atoms with van der Waals surface area (Å²) in [6, 6.07) is 0. The molecular weight excluding hydrogens is 1020 g/mol. The molecule has 0 saturated heterocycles. The van der Waals surface area contributed by atoms with Gasteiger partial charge in [-0.05, 0) is 83.5 Å². The monoisotopic (exact) mass is 1160 g/mol. The van der Waals surface area contributed by atoms with Gasteiger partial charge in [0.15, 0.2) is 6.10 Å². The first-order chi connectivity index (χ1) is 41.0. The maximum absolute atomic E-state index is 12.9. The maximum Gasteiger partial charge on any atom is 0.306 e. The van der Waals surface area contributed by atoms with Crippen molar-refractivity contribution in [2.45, 2.75) is 399 Å². The van der Waals surface area contributed by atoms with E-state index in [1.807, 2.05) is 0 Å². The van der Waals surface area contributed by atoms with Crippen molar-refractivity contribution in [3.8, 4) is 0 Å². The standard InChI is InChI=1S/C77H140O6/c1-4-7-10-13-16-19-21-23-25-27-29-31-33-35-37-38-40-41-43-45-47-49-51-53-55-58-61-64-67-70-76(79)82-73-74(72-81-75(78)69-66-63-60-57-18-15-12-9-6-3)83-77(80)71-68-65-62-59-56-54-52-50-48-46-44-42-39-36-34-32-30-28-26-24-22-20-17-14-11-8-5-2/h8,11,17,20,24,26-27,29-30,32,74H,4-7,9-10,12-16,18-19,21-23,25,28,31,33-73H2,1-3H3/b11-8-,20-17-,26-24-,29-27-,32-30-. The number of esters is 3. The maximum atomic E-state index is 12.9. The van der Waals surface area contributed by atoms with E-state index >= 15 is 0 Å². The molecule has 0 aliphatic heterocycles. The van der Waals surface area contributed by atoms with E-state index in [0.29, 0.717) is 19.3 Å².